The molecule has 19 heavy (non-hydrogen) atoms. The third kappa shape index (κ3) is 4.99. The standard InChI is InChI=1S/C12H18N2O3S.ClH/c1-17-12-4-2-3-10(7-12)9-18(15,16)14-11-5-6-13-8-11;/h2-4,7,11,13-14H,5-6,8-9H2,1H3;1H. The minimum absolute atomic E-state index is 0. The lowest BCUT2D eigenvalue weighted by atomic mass is 10.2. The monoisotopic (exact) mass is 306 g/mol. The van der Waals surface area contributed by atoms with Crippen molar-refractivity contribution in [2.24, 2.45) is 0 Å². The van der Waals surface area contributed by atoms with Crippen molar-refractivity contribution in [1.82, 2.24) is 10.0 Å². The van der Waals surface area contributed by atoms with Crippen molar-refractivity contribution in [2.45, 2.75) is 18.2 Å². The summed E-state index contributed by atoms with van der Waals surface area (Å²) < 4.78 is 31.7. The van der Waals surface area contributed by atoms with Gasteiger partial charge in [0.25, 0.3) is 0 Å². The molecule has 1 aliphatic rings. The minimum atomic E-state index is -3.29. The third-order valence-corrected chi connectivity index (χ3v) is 4.30. The van der Waals surface area contributed by atoms with E-state index in [1.165, 1.54) is 0 Å². The molecule has 2 N–H and O–H groups in total. The van der Waals surface area contributed by atoms with Crippen molar-refractivity contribution < 1.29 is 13.2 Å². The van der Waals surface area contributed by atoms with Gasteiger partial charge in [-0.3, -0.25) is 0 Å². The molecule has 0 aromatic heterocycles. The second-order valence-electron chi connectivity index (χ2n) is 4.42. The molecule has 108 valence electrons. The van der Waals surface area contributed by atoms with Gasteiger partial charge >= 0.3 is 0 Å². The van der Waals surface area contributed by atoms with Gasteiger partial charge in [-0.15, -0.1) is 12.4 Å². The van der Waals surface area contributed by atoms with E-state index in [1.807, 2.05) is 0 Å². The van der Waals surface area contributed by atoms with Crippen LogP contribution in [0.2, 0.25) is 0 Å². The number of rotatable bonds is 5. The molecule has 0 bridgehead atoms. The SMILES string of the molecule is COc1cccc(CS(=O)(=O)NC2CCNC2)c1.Cl. The van der Waals surface area contributed by atoms with E-state index in [0.29, 0.717) is 12.3 Å². The van der Waals surface area contributed by atoms with Gasteiger partial charge in [0, 0.05) is 12.6 Å². The fourth-order valence-corrected chi connectivity index (χ4v) is 3.44. The van der Waals surface area contributed by atoms with Crippen molar-refractivity contribution in [3.63, 3.8) is 0 Å². The molecule has 7 heteroatoms. The first kappa shape index (κ1) is 16.2. The molecule has 1 aliphatic heterocycles. The fourth-order valence-electron chi connectivity index (χ4n) is 2.03. The highest BCUT2D eigenvalue weighted by Gasteiger charge is 2.21. The highest BCUT2D eigenvalue weighted by Crippen LogP contribution is 2.15. The van der Waals surface area contributed by atoms with Crippen molar-refractivity contribution in [3.05, 3.63) is 29.8 Å². The number of nitrogens with one attached hydrogen (secondary N) is 2. The predicted molar refractivity (Wildman–Crippen MR) is 77.3 cm³/mol. The van der Waals surface area contributed by atoms with Crippen LogP contribution in [0, 0.1) is 0 Å². The lowest BCUT2D eigenvalue weighted by Crippen LogP contribution is -2.36. The molecule has 1 fully saturated rings. The lowest BCUT2D eigenvalue weighted by Gasteiger charge is -2.12. The number of ether oxygens (including phenoxy) is 1. The maximum absolute atomic E-state index is 12.0. The summed E-state index contributed by atoms with van der Waals surface area (Å²) in [6.45, 7) is 1.57. The molecule has 1 heterocycles. The van der Waals surface area contributed by atoms with Gasteiger partial charge < -0.3 is 10.1 Å². The number of hydrogen-bond acceptors (Lipinski definition) is 4. The molecule has 2 rings (SSSR count). The zero-order valence-corrected chi connectivity index (χ0v) is 12.4. The smallest absolute Gasteiger partial charge is 0.216 e. The van der Waals surface area contributed by atoms with Crippen LogP contribution >= 0.6 is 12.4 Å². The summed E-state index contributed by atoms with van der Waals surface area (Å²) in [7, 11) is -1.72. The molecule has 0 radical (unpaired) electrons. The van der Waals surface area contributed by atoms with Crippen LogP contribution < -0.4 is 14.8 Å². The molecule has 0 saturated carbocycles. The number of sulfonamides is 1. The van der Waals surface area contributed by atoms with Crippen LogP contribution in [0.3, 0.4) is 0 Å². The molecule has 0 aliphatic carbocycles. The molecule has 0 amide bonds. The summed E-state index contributed by atoms with van der Waals surface area (Å²) >= 11 is 0. The van der Waals surface area contributed by atoms with Gasteiger partial charge in [-0.1, -0.05) is 12.1 Å². The van der Waals surface area contributed by atoms with Crippen molar-refractivity contribution in [2.75, 3.05) is 20.2 Å². The van der Waals surface area contributed by atoms with Crippen LogP contribution in [0.15, 0.2) is 24.3 Å². The zero-order chi connectivity index (χ0) is 13.0. The molecule has 1 aromatic rings. The molecule has 1 aromatic carbocycles. The molecule has 1 saturated heterocycles. The Labute approximate surface area is 120 Å². The number of hydrogen-bond donors (Lipinski definition) is 2. The van der Waals surface area contributed by atoms with Crippen LogP contribution in [0.4, 0.5) is 0 Å². The predicted octanol–water partition coefficient (Wildman–Crippen LogP) is 0.898. The zero-order valence-electron chi connectivity index (χ0n) is 10.8. The van der Waals surface area contributed by atoms with Crippen LogP contribution in [-0.4, -0.2) is 34.7 Å². The molecule has 0 spiro atoms. The van der Waals surface area contributed by atoms with E-state index < -0.39 is 10.0 Å². The summed E-state index contributed by atoms with van der Waals surface area (Å²) in [6.07, 6.45) is 0.845. The summed E-state index contributed by atoms with van der Waals surface area (Å²) in [5.41, 5.74) is 0.729. The molecule has 1 atom stereocenters. The van der Waals surface area contributed by atoms with E-state index >= 15 is 0 Å². The summed E-state index contributed by atoms with van der Waals surface area (Å²) in [4.78, 5) is 0. The van der Waals surface area contributed by atoms with Crippen LogP contribution in [0.25, 0.3) is 0 Å². The van der Waals surface area contributed by atoms with Gasteiger partial charge in [0.05, 0.1) is 12.9 Å². The van der Waals surface area contributed by atoms with Gasteiger partial charge in [-0.25, -0.2) is 13.1 Å². The van der Waals surface area contributed by atoms with Gasteiger partial charge in [-0.2, -0.15) is 0 Å². The highest BCUT2D eigenvalue weighted by molar-refractivity contribution is 7.88. The fraction of sp³-hybridized carbons (Fsp3) is 0.500. The van der Waals surface area contributed by atoms with E-state index in [9.17, 15) is 8.42 Å². The second-order valence-corrected chi connectivity index (χ2v) is 6.17. The first-order chi connectivity index (χ1) is 8.59. The minimum Gasteiger partial charge on any atom is -0.497 e. The van der Waals surface area contributed by atoms with E-state index in [4.69, 9.17) is 4.74 Å². The Morgan fingerprint density at radius 3 is 2.89 bits per heavy atom. The number of benzene rings is 1. The van der Waals surface area contributed by atoms with Crippen molar-refractivity contribution in [1.29, 1.82) is 0 Å². The lowest BCUT2D eigenvalue weighted by molar-refractivity contribution is 0.414. The van der Waals surface area contributed by atoms with Gasteiger partial charge in [-0.05, 0) is 30.7 Å². The third-order valence-electron chi connectivity index (χ3n) is 2.90. The van der Waals surface area contributed by atoms with Crippen LogP contribution in [0.5, 0.6) is 5.75 Å². The second kappa shape index (κ2) is 7.09. The van der Waals surface area contributed by atoms with E-state index in [2.05, 4.69) is 10.0 Å². The Balaban J connectivity index is 0.00000180. The Bertz CT molecular complexity index is 501. The summed E-state index contributed by atoms with van der Waals surface area (Å²) in [6, 6.07) is 7.13. The van der Waals surface area contributed by atoms with Gasteiger partial charge in [0.1, 0.15) is 5.75 Å². The molecular weight excluding hydrogens is 288 g/mol. The van der Waals surface area contributed by atoms with Crippen LogP contribution in [-0.2, 0) is 15.8 Å². The quantitative estimate of drug-likeness (QED) is 0.848. The van der Waals surface area contributed by atoms with Crippen LogP contribution in [0.1, 0.15) is 12.0 Å². The Kier molecular flexibility index (Phi) is 6.06. The van der Waals surface area contributed by atoms with Gasteiger partial charge in [0.2, 0.25) is 10.0 Å². The first-order valence-electron chi connectivity index (χ1n) is 5.93. The van der Waals surface area contributed by atoms with Crippen molar-refractivity contribution in [3.8, 4) is 5.75 Å². The van der Waals surface area contributed by atoms with E-state index in [0.717, 1.165) is 18.5 Å². The molecule has 1 unspecified atom stereocenters. The van der Waals surface area contributed by atoms with Gasteiger partial charge in [0.15, 0.2) is 0 Å². The molecular formula is C12H19ClN2O3S. The Hall–Kier alpha value is -0.820. The first-order valence-corrected chi connectivity index (χ1v) is 7.58. The maximum Gasteiger partial charge on any atom is 0.216 e. The normalized spacial score (nSPS) is 18.9. The van der Waals surface area contributed by atoms with E-state index in [1.54, 1.807) is 31.4 Å². The largest absolute Gasteiger partial charge is 0.497 e. The number of halogens is 1. The molecule has 5 nitrogen and oxygen atoms in total. The van der Waals surface area contributed by atoms with E-state index in [-0.39, 0.29) is 24.2 Å². The van der Waals surface area contributed by atoms with Crippen molar-refractivity contribution >= 4 is 22.4 Å². The Morgan fingerprint density at radius 1 is 1.47 bits per heavy atom. The number of methoxy groups -OCH3 is 1. The topological polar surface area (TPSA) is 67.4 Å². The maximum atomic E-state index is 12.0. The summed E-state index contributed by atoms with van der Waals surface area (Å²) in [5.74, 6) is 0.658. The average Bonchev–Trinajstić information content (AvgIpc) is 2.80. The average molecular weight is 307 g/mol. The Morgan fingerprint density at radius 2 is 2.26 bits per heavy atom. The highest BCUT2D eigenvalue weighted by atomic mass is 35.5. The summed E-state index contributed by atoms with van der Waals surface area (Å²) in [5, 5.41) is 3.13.